The van der Waals surface area contributed by atoms with Crippen molar-refractivity contribution in [2.24, 2.45) is 0 Å². The molecule has 0 atom stereocenters. The van der Waals surface area contributed by atoms with Crippen molar-refractivity contribution in [3.8, 4) is 11.5 Å². The second kappa shape index (κ2) is 8.89. The van der Waals surface area contributed by atoms with Crippen LogP contribution in [0.5, 0.6) is 0 Å². The highest BCUT2D eigenvalue weighted by molar-refractivity contribution is 5.51. The Morgan fingerprint density at radius 1 is 1.12 bits per heavy atom. The van der Waals surface area contributed by atoms with Crippen LogP contribution >= 0.6 is 0 Å². The molecule has 3 rings (SSSR count). The Morgan fingerprint density at radius 2 is 1.92 bits per heavy atom. The normalized spacial score (nSPS) is 15.9. The van der Waals surface area contributed by atoms with E-state index in [1.807, 2.05) is 30.3 Å². The molecule has 1 saturated heterocycles. The fourth-order valence-electron chi connectivity index (χ4n) is 2.74. The van der Waals surface area contributed by atoms with Crippen molar-refractivity contribution in [3.63, 3.8) is 0 Å². The van der Waals surface area contributed by atoms with Crippen LogP contribution in [-0.2, 0) is 11.3 Å². The predicted molar refractivity (Wildman–Crippen MR) is 89.4 cm³/mol. The van der Waals surface area contributed by atoms with Crippen molar-refractivity contribution >= 4 is 0 Å². The van der Waals surface area contributed by atoms with E-state index < -0.39 is 0 Å². The quantitative estimate of drug-likeness (QED) is 0.768. The summed E-state index contributed by atoms with van der Waals surface area (Å²) in [7, 11) is 0. The molecule has 0 amide bonds. The monoisotopic (exact) mass is 332 g/mol. The molecule has 0 saturated carbocycles. The van der Waals surface area contributed by atoms with Gasteiger partial charge in [0.1, 0.15) is 0 Å². The van der Waals surface area contributed by atoms with Gasteiger partial charge in [0.15, 0.2) is 5.82 Å². The van der Waals surface area contributed by atoms with Gasteiger partial charge in [-0.25, -0.2) is 0 Å². The lowest BCUT2D eigenvalue weighted by molar-refractivity contribution is 0.0318. The van der Waals surface area contributed by atoms with E-state index in [4.69, 9.17) is 9.26 Å². The second-order valence-electron chi connectivity index (χ2n) is 5.84. The molecule has 2 heterocycles. The Kier molecular flexibility index (Phi) is 6.31. The van der Waals surface area contributed by atoms with Crippen LogP contribution in [0.15, 0.2) is 34.9 Å². The number of ether oxygens (including phenoxy) is 1. The molecule has 1 aliphatic rings. The van der Waals surface area contributed by atoms with Gasteiger partial charge >= 0.3 is 0 Å². The Labute approximate surface area is 141 Å². The van der Waals surface area contributed by atoms with Crippen LogP contribution in [0.4, 0.5) is 0 Å². The van der Waals surface area contributed by atoms with E-state index in [0.29, 0.717) is 24.8 Å². The summed E-state index contributed by atoms with van der Waals surface area (Å²) >= 11 is 0. The molecule has 24 heavy (non-hydrogen) atoms. The zero-order chi connectivity index (χ0) is 16.6. The maximum absolute atomic E-state index is 9.30. The van der Waals surface area contributed by atoms with Crippen LogP contribution in [0, 0.1) is 0 Å². The summed E-state index contributed by atoms with van der Waals surface area (Å²) in [5.41, 5.74) is 0.915. The lowest BCUT2D eigenvalue weighted by Crippen LogP contribution is -2.42. The van der Waals surface area contributed by atoms with Crippen molar-refractivity contribution in [1.82, 2.24) is 19.9 Å². The van der Waals surface area contributed by atoms with Gasteiger partial charge in [-0.15, -0.1) is 0 Å². The van der Waals surface area contributed by atoms with Gasteiger partial charge < -0.3 is 14.4 Å². The molecule has 0 radical (unpaired) electrons. The molecule has 7 nitrogen and oxygen atoms in total. The van der Waals surface area contributed by atoms with Crippen LogP contribution < -0.4 is 0 Å². The second-order valence-corrected chi connectivity index (χ2v) is 5.84. The van der Waals surface area contributed by atoms with Crippen LogP contribution in [0.2, 0.25) is 0 Å². The first kappa shape index (κ1) is 17.0. The summed E-state index contributed by atoms with van der Waals surface area (Å²) < 4.78 is 10.7. The van der Waals surface area contributed by atoms with E-state index in [1.54, 1.807) is 0 Å². The zero-order valence-electron chi connectivity index (χ0n) is 13.8. The Morgan fingerprint density at radius 3 is 2.67 bits per heavy atom. The fraction of sp³-hybridized carbons (Fsp3) is 0.529. The largest absolute Gasteiger partial charge is 0.395 e. The zero-order valence-corrected chi connectivity index (χ0v) is 13.8. The van der Waals surface area contributed by atoms with E-state index in [9.17, 15) is 5.11 Å². The molecular formula is C17H24N4O3. The molecule has 1 aromatic heterocycles. The number of aromatic nitrogens is 2. The van der Waals surface area contributed by atoms with E-state index >= 15 is 0 Å². The number of aliphatic hydroxyl groups is 1. The summed E-state index contributed by atoms with van der Waals surface area (Å²) in [6, 6.07) is 9.73. The SMILES string of the molecule is OCCN(CCN1CCOCC1)Cc1noc(-c2ccccc2)n1. The Bertz CT molecular complexity index is 599. The molecule has 130 valence electrons. The van der Waals surface area contributed by atoms with Gasteiger partial charge in [0.25, 0.3) is 5.89 Å². The topological polar surface area (TPSA) is 74.9 Å². The Balaban J connectivity index is 1.55. The molecule has 1 fully saturated rings. The molecule has 0 unspecified atom stereocenters. The molecule has 0 spiro atoms. The van der Waals surface area contributed by atoms with Gasteiger partial charge in [-0.2, -0.15) is 4.98 Å². The van der Waals surface area contributed by atoms with Crippen LogP contribution in [0.3, 0.4) is 0 Å². The summed E-state index contributed by atoms with van der Waals surface area (Å²) in [5.74, 6) is 1.17. The maximum atomic E-state index is 9.30. The summed E-state index contributed by atoms with van der Waals surface area (Å²) in [6.45, 7) is 6.62. The van der Waals surface area contributed by atoms with E-state index in [0.717, 1.165) is 45.0 Å². The van der Waals surface area contributed by atoms with Crippen molar-refractivity contribution < 1.29 is 14.4 Å². The summed E-state index contributed by atoms with van der Waals surface area (Å²) in [6.07, 6.45) is 0. The fourth-order valence-corrected chi connectivity index (χ4v) is 2.74. The average molecular weight is 332 g/mol. The van der Waals surface area contributed by atoms with Crippen LogP contribution in [0.25, 0.3) is 11.5 Å². The lowest BCUT2D eigenvalue weighted by atomic mass is 10.2. The van der Waals surface area contributed by atoms with E-state index in [2.05, 4.69) is 19.9 Å². The highest BCUT2D eigenvalue weighted by Crippen LogP contribution is 2.16. The molecule has 2 aromatic rings. The first-order valence-electron chi connectivity index (χ1n) is 8.36. The minimum atomic E-state index is 0.118. The molecular weight excluding hydrogens is 308 g/mol. The average Bonchev–Trinajstić information content (AvgIpc) is 3.10. The molecule has 1 aromatic carbocycles. The maximum Gasteiger partial charge on any atom is 0.257 e. The third-order valence-electron chi connectivity index (χ3n) is 4.11. The van der Waals surface area contributed by atoms with Gasteiger partial charge in [-0.3, -0.25) is 9.80 Å². The first-order valence-corrected chi connectivity index (χ1v) is 8.36. The predicted octanol–water partition coefficient (Wildman–Crippen LogP) is 0.863. The minimum absolute atomic E-state index is 0.118. The van der Waals surface area contributed by atoms with Gasteiger partial charge in [0.05, 0.1) is 26.4 Å². The minimum Gasteiger partial charge on any atom is -0.395 e. The number of hydrogen-bond acceptors (Lipinski definition) is 7. The smallest absolute Gasteiger partial charge is 0.257 e. The van der Waals surface area contributed by atoms with Gasteiger partial charge in [0.2, 0.25) is 0 Å². The van der Waals surface area contributed by atoms with Gasteiger partial charge in [0, 0.05) is 38.3 Å². The number of aliphatic hydroxyl groups excluding tert-OH is 1. The summed E-state index contributed by atoms with van der Waals surface area (Å²) in [4.78, 5) is 8.99. The van der Waals surface area contributed by atoms with Crippen molar-refractivity contribution in [2.75, 3.05) is 52.5 Å². The third kappa shape index (κ3) is 4.85. The number of benzene rings is 1. The lowest BCUT2D eigenvalue weighted by Gasteiger charge is -2.29. The number of morpholine rings is 1. The van der Waals surface area contributed by atoms with Crippen LogP contribution in [-0.4, -0.2) is 77.6 Å². The van der Waals surface area contributed by atoms with Crippen molar-refractivity contribution in [3.05, 3.63) is 36.2 Å². The highest BCUT2D eigenvalue weighted by atomic mass is 16.5. The molecule has 7 heteroatoms. The van der Waals surface area contributed by atoms with Gasteiger partial charge in [-0.05, 0) is 12.1 Å². The summed E-state index contributed by atoms with van der Waals surface area (Å²) in [5, 5.41) is 13.4. The Hall–Kier alpha value is -1.80. The van der Waals surface area contributed by atoms with Crippen molar-refractivity contribution in [2.45, 2.75) is 6.54 Å². The molecule has 0 aliphatic carbocycles. The van der Waals surface area contributed by atoms with Crippen LogP contribution in [0.1, 0.15) is 5.82 Å². The molecule has 0 bridgehead atoms. The number of rotatable bonds is 8. The number of hydrogen-bond donors (Lipinski definition) is 1. The van der Waals surface area contributed by atoms with E-state index in [1.165, 1.54) is 0 Å². The third-order valence-corrected chi connectivity index (χ3v) is 4.11. The standard InChI is InChI=1S/C17H24N4O3/c22-11-8-21(7-6-20-9-12-23-13-10-20)14-16-18-17(24-19-16)15-4-2-1-3-5-15/h1-5,22H,6-14H2. The molecule has 1 aliphatic heterocycles. The number of nitrogens with zero attached hydrogens (tertiary/aromatic N) is 4. The first-order chi connectivity index (χ1) is 11.8. The van der Waals surface area contributed by atoms with Crippen molar-refractivity contribution in [1.29, 1.82) is 0 Å². The molecule has 1 N–H and O–H groups in total. The highest BCUT2D eigenvalue weighted by Gasteiger charge is 2.15. The van der Waals surface area contributed by atoms with E-state index in [-0.39, 0.29) is 6.61 Å². The van der Waals surface area contributed by atoms with Gasteiger partial charge in [-0.1, -0.05) is 23.4 Å².